The maximum atomic E-state index is 6.22. The Labute approximate surface area is 124 Å². The van der Waals surface area contributed by atoms with Crippen molar-refractivity contribution in [3.05, 3.63) is 23.4 Å². The minimum Gasteiger partial charge on any atom is -0.349 e. The van der Waals surface area contributed by atoms with E-state index in [0.29, 0.717) is 26.3 Å². The first kappa shape index (κ1) is 13.5. The summed E-state index contributed by atoms with van der Waals surface area (Å²) < 4.78 is 11.5. The number of nitrogens with two attached hydrogens (primary N) is 2. The molecule has 1 aromatic rings. The van der Waals surface area contributed by atoms with Gasteiger partial charge in [-0.05, 0) is 30.9 Å². The number of fused-ring (bicyclic) bond motifs is 1. The first-order valence-electron chi connectivity index (χ1n) is 7.69. The Morgan fingerprint density at radius 2 is 2.05 bits per heavy atom. The summed E-state index contributed by atoms with van der Waals surface area (Å²) in [5.41, 5.74) is 14.7. The van der Waals surface area contributed by atoms with E-state index in [9.17, 15) is 0 Å². The second-order valence-electron chi connectivity index (χ2n) is 6.27. The third-order valence-corrected chi connectivity index (χ3v) is 4.78. The number of anilines is 1. The smallest absolute Gasteiger partial charge is 0.203 e. The largest absolute Gasteiger partial charge is 0.349 e. The number of aryl methyl sites for hydroxylation is 1. The highest BCUT2D eigenvalue weighted by molar-refractivity contribution is 5.45. The van der Waals surface area contributed by atoms with Crippen molar-refractivity contribution in [1.29, 1.82) is 0 Å². The van der Waals surface area contributed by atoms with E-state index in [2.05, 4.69) is 17.0 Å². The average molecular weight is 290 g/mol. The molecule has 114 valence electrons. The number of ether oxygens (including phenoxy) is 2. The monoisotopic (exact) mass is 290 g/mol. The second-order valence-corrected chi connectivity index (χ2v) is 6.27. The fourth-order valence-electron chi connectivity index (χ4n) is 3.58. The zero-order valence-corrected chi connectivity index (χ0v) is 12.1. The summed E-state index contributed by atoms with van der Waals surface area (Å²) >= 11 is 0. The van der Waals surface area contributed by atoms with E-state index in [1.807, 2.05) is 0 Å². The van der Waals surface area contributed by atoms with Crippen molar-refractivity contribution >= 4 is 5.82 Å². The Morgan fingerprint density at radius 1 is 1.24 bits per heavy atom. The van der Waals surface area contributed by atoms with Crippen LogP contribution in [0.1, 0.15) is 17.7 Å². The van der Waals surface area contributed by atoms with Crippen LogP contribution in [0.25, 0.3) is 0 Å². The fraction of sp³-hybridized carbons (Fsp3) is 0.667. The number of hydrogen-bond acceptors (Lipinski definition) is 6. The molecule has 6 heteroatoms. The quantitative estimate of drug-likeness (QED) is 0.744. The van der Waals surface area contributed by atoms with Crippen LogP contribution in [0.3, 0.4) is 0 Å². The van der Waals surface area contributed by atoms with Crippen LogP contribution < -0.4 is 16.4 Å². The molecule has 4 rings (SSSR count). The Balaban J connectivity index is 1.57. The lowest BCUT2D eigenvalue weighted by atomic mass is 9.92. The van der Waals surface area contributed by atoms with Crippen molar-refractivity contribution < 1.29 is 9.47 Å². The Morgan fingerprint density at radius 3 is 2.86 bits per heavy atom. The van der Waals surface area contributed by atoms with Crippen molar-refractivity contribution in [3.63, 3.8) is 0 Å². The van der Waals surface area contributed by atoms with Crippen LogP contribution in [0.5, 0.6) is 0 Å². The molecular weight excluding hydrogens is 268 g/mol. The lowest BCUT2D eigenvalue weighted by molar-refractivity contribution is -0.147. The van der Waals surface area contributed by atoms with Crippen molar-refractivity contribution in [1.82, 2.24) is 4.98 Å². The van der Waals surface area contributed by atoms with Crippen LogP contribution in [0.15, 0.2) is 12.1 Å². The highest BCUT2D eigenvalue weighted by Gasteiger charge is 2.50. The predicted molar refractivity (Wildman–Crippen MR) is 79.1 cm³/mol. The highest BCUT2D eigenvalue weighted by atomic mass is 16.7. The van der Waals surface area contributed by atoms with Gasteiger partial charge < -0.3 is 25.8 Å². The molecule has 3 aliphatic rings. The molecule has 4 N–H and O–H groups in total. The molecule has 0 saturated carbocycles. The molecule has 0 amide bonds. The summed E-state index contributed by atoms with van der Waals surface area (Å²) in [6.07, 6.45) is 2.90. The molecule has 1 aliphatic carbocycles. The van der Waals surface area contributed by atoms with Crippen molar-refractivity contribution in [3.8, 4) is 0 Å². The molecule has 2 atom stereocenters. The predicted octanol–water partition coefficient (Wildman–Crippen LogP) is -0.212. The molecular formula is C15H22N4O2. The average Bonchev–Trinajstić information content (AvgIpc) is 3.07. The SMILES string of the molecule is NC1CCc2nc(N3CC(N)C4(C3)OCCO4)ccc2C1. The molecule has 0 radical (unpaired) electrons. The Hall–Kier alpha value is -1.21. The molecule has 0 aromatic carbocycles. The van der Waals surface area contributed by atoms with E-state index in [-0.39, 0.29) is 12.1 Å². The van der Waals surface area contributed by atoms with Gasteiger partial charge in [0.2, 0.25) is 5.79 Å². The third-order valence-electron chi connectivity index (χ3n) is 4.78. The molecule has 2 unspecified atom stereocenters. The van der Waals surface area contributed by atoms with E-state index in [0.717, 1.165) is 25.1 Å². The zero-order valence-electron chi connectivity index (χ0n) is 12.1. The van der Waals surface area contributed by atoms with E-state index in [1.54, 1.807) is 0 Å². The molecule has 3 heterocycles. The third kappa shape index (κ3) is 2.23. The molecule has 1 spiro atoms. The maximum Gasteiger partial charge on any atom is 0.203 e. The summed E-state index contributed by atoms with van der Waals surface area (Å²) in [6.45, 7) is 2.61. The first-order valence-corrected chi connectivity index (χ1v) is 7.69. The number of nitrogens with zero attached hydrogens (tertiary/aromatic N) is 2. The fourth-order valence-corrected chi connectivity index (χ4v) is 3.58. The van der Waals surface area contributed by atoms with Crippen molar-refractivity contribution in [2.45, 2.75) is 37.1 Å². The van der Waals surface area contributed by atoms with Gasteiger partial charge in [0.15, 0.2) is 0 Å². The summed E-state index contributed by atoms with van der Waals surface area (Å²) in [5, 5.41) is 0. The standard InChI is InChI=1S/C15H22N4O2/c16-11-2-3-12-10(7-11)1-4-14(18-12)19-8-13(17)15(9-19)20-5-6-21-15/h1,4,11,13H,2-3,5-9,16-17H2. The number of rotatable bonds is 1. The van der Waals surface area contributed by atoms with Crippen LogP contribution in [0, 0.1) is 0 Å². The molecule has 2 aliphatic heterocycles. The molecule has 1 aromatic heterocycles. The van der Waals surface area contributed by atoms with Gasteiger partial charge in [-0.1, -0.05) is 6.07 Å². The Kier molecular flexibility index (Phi) is 3.15. The summed E-state index contributed by atoms with van der Waals surface area (Å²) in [4.78, 5) is 6.99. The molecule has 2 fully saturated rings. The number of aromatic nitrogens is 1. The van der Waals surface area contributed by atoms with Crippen LogP contribution in [0.4, 0.5) is 5.82 Å². The normalized spacial score (nSPS) is 30.9. The number of hydrogen-bond donors (Lipinski definition) is 2. The first-order chi connectivity index (χ1) is 10.2. The van der Waals surface area contributed by atoms with Crippen LogP contribution in [0.2, 0.25) is 0 Å². The summed E-state index contributed by atoms with van der Waals surface area (Å²) in [6, 6.07) is 4.36. The van der Waals surface area contributed by atoms with Crippen molar-refractivity contribution in [2.24, 2.45) is 11.5 Å². The topological polar surface area (TPSA) is 86.6 Å². The van der Waals surface area contributed by atoms with Gasteiger partial charge in [-0.25, -0.2) is 4.98 Å². The van der Waals surface area contributed by atoms with E-state index >= 15 is 0 Å². The zero-order chi connectivity index (χ0) is 14.4. The van der Waals surface area contributed by atoms with Gasteiger partial charge in [-0.3, -0.25) is 0 Å². The highest BCUT2D eigenvalue weighted by Crippen LogP contribution is 2.33. The lowest BCUT2D eigenvalue weighted by Crippen LogP contribution is -2.47. The minimum atomic E-state index is -0.639. The van der Waals surface area contributed by atoms with Gasteiger partial charge >= 0.3 is 0 Å². The molecule has 21 heavy (non-hydrogen) atoms. The molecule has 2 saturated heterocycles. The van der Waals surface area contributed by atoms with Gasteiger partial charge in [0.1, 0.15) is 5.82 Å². The molecule has 0 bridgehead atoms. The van der Waals surface area contributed by atoms with Gasteiger partial charge in [0, 0.05) is 18.3 Å². The van der Waals surface area contributed by atoms with E-state index < -0.39 is 5.79 Å². The van der Waals surface area contributed by atoms with E-state index in [1.165, 1.54) is 11.3 Å². The van der Waals surface area contributed by atoms with Gasteiger partial charge in [0.25, 0.3) is 0 Å². The summed E-state index contributed by atoms with van der Waals surface area (Å²) in [7, 11) is 0. The van der Waals surface area contributed by atoms with Gasteiger partial charge in [-0.2, -0.15) is 0 Å². The maximum absolute atomic E-state index is 6.22. The molecule has 6 nitrogen and oxygen atoms in total. The van der Waals surface area contributed by atoms with Crippen LogP contribution in [-0.4, -0.2) is 49.2 Å². The van der Waals surface area contributed by atoms with Gasteiger partial charge in [-0.15, -0.1) is 0 Å². The van der Waals surface area contributed by atoms with Crippen LogP contribution in [-0.2, 0) is 22.3 Å². The minimum absolute atomic E-state index is 0.133. The Bertz CT molecular complexity index is 544. The van der Waals surface area contributed by atoms with Crippen molar-refractivity contribution in [2.75, 3.05) is 31.2 Å². The lowest BCUT2D eigenvalue weighted by Gasteiger charge is -2.26. The van der Waals surface area contributed by atoms with Crippen LogP contribution >= 0.6 is 0 Å². The summed E-state index contributed by atoms with van der Waals surface area (Å²) in [5.74, 6) is 0.329. The van der Waals surface area contributed by atoms with E-state index in [4.69, 9.17) is 25.9 Å². The van der Waals surface area contributed by atoms with Gasteiger partial charge in [0.05, 0.1) is 25.8 Å². The second kappa shape index (κ2) is 4.91. The number of pyridine rings is 1.